The number of benzene rings is 3. The second kappa shape index (κ2) is 11.7. The lowest BCUT2D eigenvalue weighted by atomic mass is 9.98. The van der Waals surface area contributed by atoms with E-state index < -0.39 is 50.7 Å². The number of carbonyl (C=O) groups is 2. The van der Waals surface area contributed by atoms with Crippen molar-refractivity contribution in [2.24, 2.45) is 5.73 Å². The number of ether oxygens (including phenoxy) is 1. The number of alkyl halides is 3. The number of aliphatic carboxylic acids is 1. The molecule has 0 spiro atoms. The summed E-state index contributed by atoms with van der Waals surface area (Å²) in [6, 6.07) is 15.7. The molecule has 3 N–H and O–H groups in total. The van der Waals surface area contributed by atoms with E-state index in [0.29, 0.717) is 18.6 Å². The molecule has 0 aliphatic heterocycles. The van der Waals surface area contributed by atoms with Crippen molar-refractivity contribution in [2.75, 3.05) is 13.2 Å². The average molecular weight is 577 g/mol. The molecular formula is C28H27F3N2O6S. The highest BCUT2D eigenvalue weighted by atomic mass is 32.2. The minimum Gasteiger partial charge on any atom is -0.480 e. The van der Waals surface area contributed by atoms with Gasteiger partial charge in [0.1, 0.15) is 12.6 Å². The van der Waals surface area contributed by atoms with Gasteiger partial charge in [-0.25, -0.2) is 18.0 Å². The third kappa shape index (κ3) is 5.82. The van der Waals surface area contributed by atoms with Crippen LogP contribution in [0.3, 0.4) is 0 Å². The Morgan fingerprint density at radius 3 is 2.10 bits per heavy atom. The predicted octanol–water partition coefficient (Wildman–Crippen LogP) is 5.23. The summed E-state index contributed by atoms with van der Waals surface area (Å²) < 4.78 is 72.7. The minimum atomic E-state index is -5.08. The van der Waals surface area contributed by atoms with Crippen LogP contribution in [0.4, 0.5) is 18.0 Å². The lowest BCUT2D eigenvalue weighted by Gasteiger charge is -2.28. The first-order valence-electron chi connectivity index (χ1n) is 12.5. The van der Waals surface area contributed by atoms with E-state index in [2.05, 4.69) is 0 Å². The number of unbranched alkanes of at least 4 members (excludes halogenated alkanes) is 1. The molecule has 4 rings (SSSR count). The Bertz CT molecular complexity index is 1460. The molecule has 12 heteroatoms. The number of carboxylic acid groups (broad SMARTS) is 1. The zero-order valence-electron chi connectivity index (χ0n) is 21.2. The second-order valence-corrected chi connectivity index (χ2v) is 11.1. The van der Waals surface area contributed by atoms with E-state index in [9.17, 15) is 36.3 Å². The van der Waals surface area contributed by atoms with Crippen LogP contribution in [-0.4, -0.2) is 49.1 Å². The molecule has 1 aliphatic carbocycles. The molecule has 1 aliphatic rings. The highest BCUT2D eigenvalue weighted by molar-refractivity contribution is 7.89. The third-order valence-electron chi connectivity index (χ3n) is 6.73. The van der Waals surface area contributed by atoms with Gasteiger partial charge in [0.25, 0.3) is 10.0 Å². The molecule has 212 valence electrons. The zero-order chi connectivity index (χ0) is 29.1. The van der Waals surface area contributed by atoms with Crippen LogP contribution in [-0.2, 0) is 25.7 Å². The summed E-state index contributed by atoms with van der Waals surface area (Å²) in [7, 11) is -5.08. The summed E-state index contributed by atoms with van der Waals surface area (Å²) in [4.78, 5) is 24.7. The predicted molar refractivity (Wildman–Crippen MR) is 140 cm³/mol. The number of nitrogens with two attached hydrogens (primary N) is 1. The van der Waals surface area contributed by atoms with Crippen molar-refractivity contribution >= 4 is 22.1 Å². The first-order chi connectivity index (χ1) is 19.0. The molecule has 0 radical (unpaired) electrons. The summed E-state index contributed by atoms with van der Waals surface area (Å²) >= 11 is 0. The van der Waals surface area contributed by atoms with Crippen LogP contribution in [0.2, 0.25) is 0 Å². The van der Waals surface area contributed by atoms with Crippen LogP contribution < -0.4 is 5.73 Å². The molecule has 0 fully saturated rings. The normalized spacial score (nSPS) is 13.8. The molecule has 40 heavy (non-hydrogen) atoms. The Kier molecular flexibility index (Phi) is 8.50. The largest absolute Gasteiger partial charge is 0.480 e. The maximum atomic E-state index is 13.6. The first kappa shape index (κ1) is 29.1. The molecule has 1 atom stereocenters. The van der Waals surface area contributed by atoms with Gasteiger partial charge in [-0.2, -0.15) is 17.5 Å². The van der Waals surface area contributed by atoms with Crippen molar-refractivity contribution in [2.45, 2.75) is 42.3 Å². The second-order valence-electron chi connectivity index (χ2n) is 9.27. The van der Waals surface area contributed by atoms with Crippen LogP contribution in [0, 0.1) is 0 Å². The fourth-order valence-corrected chi connectivity index (χ4v) is 6.35. The summed E-state index contributed by atoms with van der Waals surface area (Å²) in [5.74, 6) is -2.11. The van der Waals surface area contributed by atoms with E-state index in [1.165, 1.54) is 0 Å². The van der Waals surface area contributed by atoms with Gasteiger partial charge in [0.15, 0.2) is 0 Å². The molecule has 0 aromatic heterocycles. The maximum absolute atomic E-state index is 13.6. The quantitative estimate of drug-likeness (QED) is 0.317. The number of rotatable bonds is 10. The summed E-state index contributed by atoms with van der Waals surface area (Å²) in [6.07, 6.45) is -6.19. The summed E-state index contributed by atoms with van der Waals surface area (Å²) in [5, 5.41) is 9.90. The summed E-state index contributed by atoms with van der Waals surface area (Å²) in [6.45, 7) is -0.131. The van der Waals surface area contributed by atoms with Crippen molar-refractivity contribution in [1.82, 2.24) is 4.31 Å². The molecule has 0 saturated heterocycles. The number of halogens is 3. The standard InChI is InChI=1S/C28H27F3N2O6S/c29-28(30,31)18-8-7-9-19(16-18)40(37,38)33(25(26(34)35)14-5-6-15-32)27(36)39-17-24-22-12-3-1-10-20(22)21-11-2-4-13-23(21)24/h1-4,7-13,16,24-25H,5-6,14-15,17,32H2,(H,34,35)/t25-/m0/s1. The van der Waals surface area contributed by atoms with Crippen molar-refractivity contribution < 1.29 is 41.0 Å². The van der Waals surface area contributed by atoms with Gasteiger partial charge in [-0.3, -0.25) is 0 Å². The number of sulfonamides is 1. The number of fused-ring (bicyclic) bond motifs is 3. The molecule has 1 amide bonds. The highest BCUT2D eigenvalue weighted by Crippen LogP contribution is 2.44. The third-order valence-corrected chi connectivity index (χ3v) is 8.51. The first-order valence-corrected chi connectivity index (χ1v) is 13.9. The Labute approximate surface area is 229 Å². The smallest absolute Gasteiger partial charge is 0.424 e. The fourth-order valence-electron chi connectivity index (χ4n) is 4.82. The Hall–Kier alpha value is -3.90. The zero-order valence-corrected chi connectivity index (χ0v) is 22.0. The monoisotopic (exact) mass is 576 g/mol. The van der Waals surface area contributed by atoms with Gasteiger partial charge in [-0.05, 0) is 66.3 Å². The van der Waals surface area contributed by atoms with Crippen molar-refractivity contribution in [3.05, 3.63) is 89.5 Å². The van der Waals surface area contributed by atoms with Crippen molar-refractivity contribution in [1.29, 1.82) is 0 Å². The van der Waals surface area contributed by atoms with Gasteiger partial charge in [0.05, 0.1) is 10.5 Å². The highest BCUT2D eigenvalue weighted by Gasteiger charge is 2.42. The maximum Gasteiger partial charge on any atom is 0.424 e. The molecule has 0 unspecified atom stereocenters. The van der Waals surface area contributed by atoms with Gasteiger partial charge in [-0.15, -0.1) is 0 Å². The topological polar surface area (TPSA) is 127 Å². The number of amides is 1. The average Bonchev–Trinajstić information content (AvgIpc) is 3.24. The van der Waals surface area contributed by atoms with Crippen LogP contribution in [0.15, 0.2) is 77.7 Å². The van der Waals surface area contributed by atoms with Gasteiger partial charge < -0.3 is 15.6 Å². The van der Waals surface area contributed by atoms with Crippen molar-refractivity contribution in [3.63, 3.8) is 0 Å². The van der Waals surface area contributed by atoms with Crippen LogP contribution in [0.5, 0.6) is 0 Å². The summed E-state index contributed by atoms with van der Waals surface area (Å²) in [5.41, 5.74) is 7.71. The molecule has 0 bridgehead atoms. The molecular weight excluding hydrogens is 549 g/mol. The fraction of sp³-hybridized carbons (Fsp3) is 0.286. The van der Waals surface area contributed by atoms with E-state index in [-0.39, 0.29) is 30.3 Å². The molecule has 8 nitrogen and oxygen atoms in total. The Morgan fingerprint density at radius 1 is 0.950 bits per heavy atom. The van der Waals surface area contributed by atoms with E-state index in [1.54, 1.807) is 0 Å². The number of hydrogen-bond acceptors (Lipinski definition) is 6. The van der Waals surface area contributed by atoms with Gasteiger partial charge in [0.2, 0.25) is 0 Å². The van der Waals surface area contributed by atoms with Gasteiger partial charge in [0, 0.05) is 5.92 Å². The molecule has 3 aromatic rings. The Morgan fingerprint density at radius 2 is 1.55 bits per heavy atom. The molecule has 3 aromatic carbocycles. The lowest BCUT2D eigenvalue weighted by molar-refractivity contribution is -0.141. The number of hydrogen-bond donors (Lipinski definition) is 2. The Balaban J connectivity index is 1.70. The number of nitrogens with zero attached hydrogens (tertiary/aromatic N) is 1. The lowest BCUT2D eigenvalue weighted by Crippen LogP contribution is -2.49. The number of carbonyl (C=O) groups excluding carboxylic acids is 1. The van der Waals surface area contributed by atoms with Crippen LogP contribution in [0.25, 0.3) is 11.1 Å². The minimum absolute atomic E-state index is 0.0358. The van der Waals surface area contributed by atoms with Gasteiger partial charge >= 0.3 is 18.2 Å². The SMILES string of the molecule is NCCCC[C@@H](C(=O)O)N(C(=O)OCC1c2ccccc2-c2ccccc21)S(=O)(=O)c1cccc(C(F)(F)F)c1. The van der Waals surface area contributed by atoms with E-state index in [4.69, 9.17) is 10.5 Å². The number of carboxylic acids is 1. The van der Waals surface area contributed by atoms with Crippen molar-refractivity contribution in [3.8, 4) is 11.1 Å². The van der Waals surface area contributed by atoms with Crippen LogP contribution >= 0.6 is 0 Å². The molecule has 0 saturated carbocycles. The van der Waals surface area contributed by atoms with Crippen LogP contribution in [0.1, 0.15) is 41.9 Å². The van der Waals surface area contributed by atoms with E-state index in [0.717, 1.165) is 34.4 Å². The van der Waals surface area contributed by atoms with E-state index >= 15 is 0 Å². The molecule has 0 heterocycles. The van der Waals surface area contributed by atoms with E-state index in [1.807, 2.05) is 48.5 Å². The van der Waals surface area contributed by atoms with Gasteiger partial charge in [-0.1, -0.05) is 54.6 Å².